The number of rotatable bonds is 12. The molecule has 0 rings (SSSR count). The topological polar surface area (TPSA) is 71.1 Å². The molecule has 0 aliphatic heterocycles. The quantitative estimate of drug-likeness (QED) is 0.306. The van der Waals surface area contributed by atoms with Gasteiger partial charge in [0.2, 0.25) is 0 Å². The van der Waals surface area contributed by atoms with Gasteiger partial charge in [-0.1, -0.05) is 0 Å². The van der Waals surface area contributed by atoms with Gasteiger partial charge in [-0.05, 0) is 26.7 Å². The summed E-state index contributed by atoms with van der Waals surface area (Å²) in [6.45, 7) is 5.31. The van der Waals surface area contributed by atoms with E-state index >= 15 is 0 Å². The van der Waals surface area contributed by atoms with Crippen LogP contribution in [0, 0.1) is 0 Å². The van der Waals surface area contributed by atoms with Gasteiger partial charge in [0.1, 0.15) is 0 Å². The molecule has 0 aromatic carbocycles. The summed E-state index contributed by atoms with van der Waals surface area (Å²) in [5.41, 5.74) is 0. The van der Waals surface area contributed by atoms with Crippen LogP contribution in [0.25, 0.3) is 0 Å². The fourth-order valence-corrected chi connectivity index (χ4v) is 1.71. The van der Waals surface area contributed by atoms with Crippen LogP contribution < -0.4 is 0 Å². The number of hydrogen-bond acceptors (Lipinski definition) is 6. The van der Waals surface area contributed by atoms with Gasteiger partial charge in [0.25, 0.3) is 0 Å². The van der Waals surface area contributed by atoms with E-state index in [-0.39, 0.29) is 21.9 Å². The summed E-state index contributed by atoms with van der Waals surface area (Å²) in [5.74, 6) is -0.408. The molecule has 0 aliphatic rings. The molecule has 7 heteroatoms. The summed E-state index contributed by atoms with van der Waals surface area (Å²) in [6, 6.07) is 0. The van der Waals surface area contributed by atoms with E-state index in [1.54, 1.807) is 13.8 Å². The molecule has 0 aromatic rings. The lowest BCUT2D eigenvalue weighted by atomic mass is 10.3. The molecule has 0 aromatic heterocycles. The molecule has 0 unspecified atom stereocenters. The first-order chi connectivity index (χ1) is 9.20. The van der Waals surface area contributed by atoms with Crippen LogP contribution in [0.1, 0.15) is 39.5 Å². The highest BCUT2D eigenvalue weighted by atomic mass is 28.3. The van der Waals surface area contributed by atoms with E-state index < -0.39 is 0 Å². The lowest BCUT2D eigenvalue weighted by molar-refractivity contribution is -0.144. The van der Waals surface area contributed by atoms with E-state index in [0.717, 1.165) is 0 Å². The fourth-order valence-electron chi connectivity index (χ4n) is 1.17. The summed E-state index contributed by atoms with van der Waals surface area (Å²) >= 11 is 0. The van der Waals surface area contributed by atoms with Crippen LogP contribution in [0.15, 0.2) is 0 Å². The highest BCUT2D eigenvalue weighted by molar-refractivity contribution is 6.17. The molecule has 2 radical (unpaired) electrons. The van der Waals surface area contributed by atoms with Gasteiger partial charge in [0.05, 0.1) is 13.2 Å². The molecule has 110 valence electrons. The maximum Gasteiger partial charge on any atom is 0.433 e. The lowest BCUT2D eigenvalue weighted by Crippen LogP contribution is -2.11. The van der Waals surface area contributed by atoms with Crippen molar-refractivity contribution in [1.29, 1.82) is 0 Å². The zero-order valence-corrected chi connectivity index (χ0v) is 12.6. The van der Waals surface area contributed by atoms with E-state index in [2.05, 4.69) is 0 Å². The Morgan fingerprint density at radius 1 is 0.842 bits per heavy atom. The molecule has 0 atom stereocenters. The van der Waals surface area contributed by atoms with Gasteiger partial charge in [-0.2, -0.15) is 0 Å². The normalized spacial score (nSPS) is 10.2. The Hall–Kier alpha value is -0.923. The van der Waals surface area contributed by atoms with Crippen LogP contribution in [0.4, 0.5) is 0 Å². The third-order valence-corrected chi connectivity index (χ3v) is 2.63. The van der Waals surface area contributed by atoms with Crippen molar-refractivity contribution in [2.45, 2.75) is 39.5 Å². The van der Waals surface area contributed by atoms with Crippen LogP contribution in [0.5, 0.6) is 0 Å². The first-order valence-electron chi connectivity index (χ1n) is 6.50. The Morgan fingerprint density at radius 2 is 1.26 bits per heavy atom. The molecule has 6 nitrogen and oxygen atoms in total. The van der Waals surface area contributed by atoms with E-state index in [4.69, 9.17) is 18.3 Å². The molecule has 0 bridgehead atoms. The zero-order chi connectivity index (χ0) is 14.3. The van der Waals surface area contributed by atoms with Gasteiger partial charge in [-0.3, -0.25) is 9.59 Å². The minimum atomic E-state index is -0.204. The van der Waals surface area contributed by atoms with Gasteiger partial charge < -0.3 is 18.3 Å². The van der Waals surface area contributed by atoms with Crippen LogP contribution in [-0.4, -0.2) is 48.4 Å². The number of esters is 2. The number of carbonyl (C=O) groups excluding carboxylic acids is 2. The van der Waals surface area contributed by atoms with Crippen molar-refractivity contribution in [3.63, 3.8) is 0 Å². The molecule has 0 aliphatic carbocycles. The molecule has 0 saturated carbocycles. The van der Waals surface area contributed by atoms with Crippen molar-refractivity contribution < 1.29 is 27.9 Å². The Kier molecular flexibility index (Phi) is 12.9. The second-order valence-electron chi connectivity index (χ2n) is 3.60. The molecule has 0 amide bonds. The van der Waals surface area contributed by atoms with Crippen LogP contribution in [0.2, 0.25) is 0 Å². The second-order valence-corrected chi connectivity index (χ2v) is 4.34. The van der Waals surface area contributed by atoms with Crippen molar-refractivity contribution in [3.05, 3.63) is 0 Å². The maximum atomic E-state index is 11.0. The molecule has 0 spiro atoms. The van der Waals surface area contributed by atoms with Gasteiger partial charge in [0.15, 0.2) is 0 Å². The summed E-state index contributed by atoms with van der Waals surface area (Å²) in [6.07, 6.45) is 1.97. The Morgan fingerprint density at radius 3 is 1.63 bits per heavy atom. The molecule has 0 heterocycles. The van der Waals surface area contributed by atoms with Crippen molar-refractivity contribution in [1.82, 2.24) is 0 Å². The second kappa shape index (κ2) is 13.5. The lowest BCUT2D eigenvalue weighted by Gasteiger charge is -2.04. The largest absolute Gasteiger partial charge is 0.466 e. The van der Waals surface area contributed by atoms with Gasteiger partial charge in [-0.15, -0.1) is 0 Å². The van der Waals surface area contributed by atoms with Crippen molar-refractivity contribution >= 4 is 21.9 Å². The summed E-state index contributed by atoms with van der Waals surface area (Å²) in [4.78, 5) is 22.0. The number of ether oxygens (including phenoxy) is 2. The average Bonchev–Trinajstić information content (AvgIpc) is 2.37. The third-order valence-electron chi connectivity index (χ3n) is 1.98. The van der Waals surface area contributed by atoms with Crippen molar-refractivity contribution in [2.24, 2.45) is 0 Å². The highest BCUT2D eigenvalue weighted by Gasteiger charge is 2.03. The van der Waals surface area contributed by atoms with E-state index in [0.29, 0.717) is 52.1 Å². The summed E-state index contributed by atoms with van der Waals surface area (Å²) in [7, 11) is -0.0633. The molecule has 19 heavy (non-hydrogen) atoms. The summed E-state index contributed by atoms with van der Waals surface area (Å²) < 4.78 is 19.9. The van der Waals surface area contributed by atoms with Gasteiger partial charge >= 0.3 is 21.9 Å². The predicted octanol–water partition coefficient (Wildman–Crippen LogP) is 1.24. The standard InChI is InChI=1S/C12H22O6Si/c1-3-15-11(13)7-5-9-17-19-18-10-6-8-12(14)16-4-2/h3-10H2,1-2H3. The van der Waals surface area contributed by atoms with E-state index in [9.17, 15) is 9.59 Å². The molecular formula is C12H22O6Si. The van der Waals surface area contributed by atoms with E-state index in [1.807, 2.05) is 0 Å². The van der Waals surface area contributed by atoms with Gasteiger partial charge in [-0.25, -0.2) is 0 Å². The Bertz CT molecular complexity index is 222. The number of hydrogen-bond donors (Lipinski definition) is 0. The highest BCUT2D eigenvalue weighted by Crippen LogP contribution is 1.95. The zero-order valence-electron chi connectivity index (χ0n) is 11.6. The summed E-state index contributed by atoms with van der Waals surface area (Å²) in [5, 5.41) is 0. The molecule has 0 N–H and O–H groups in total. The molecule has 0 fully saturated rings. The van der Waals surface area contributed by atoms with Crippen LogP contribution in [-0.2, 0) is 27.9 Å². The van der Waals surface area contributed by atoms with Crippen molar-refractivity contribution in [2.75, 3.05) is 26.4 Å². The van der Waals surface area contributed by atoms with Crippen LogP contribution in [0.3, 0.4) is 0 Å². The van der Waals surface area contributed by atoms with E-state index in [1.165, 1.54) is 0 Å². The molecular weight excluding hydrogens is 268 g/mol. The minimum absolute atomic E-state index is 0.0633. The predicted molar refractivity (Wildman–Crippen MR) is 69.4 cm³/mol. The average molecular weight is 290 g/mol. The Labute approximate surface area is 116 Å². The fraction of sp³-hybridized carbons (Fsp3) is 0.833. The molecule has 0 saturated heterocycles. The van der Waals surface area contributed by atoms with Crippen LogP contribution >= 0.6 is 0 Å². The smallest absolute Gasteiger partial charge is 0.433 e. The first kappa shape index (κ1) is 18.1. The van der Waals surface area contributed by atoms with Crippen molar-refractivity contribution in [3.8, 4) is 0 Å². The number of carbonyl (C=O) groups is 2. The first-order valence-corrected chi connectivity index (χ1v) is 7.32. The minimum Gasteiger partial charge on any atom is -0.466 e. The Balaban J connectivity index is 3.15. The SMILES string of the molecule is CCOC(=O)CCCO[Si]OCCCC(=O)OCC. The monoisotopic (exact) mass is 290 g/mol. The third kappa shape index (κ3) is 13.3. The van der Waals surface area contributed by atoms with Gasteiger partial charge in [0, 0.05) is 26.1 Å². The maximum absolute atomic E-state index is 11.0.